The van der Waals surface area contributed by atoms with Crippen LogP contribution in [0.15, 0.2) is 5.38 Å². The van der Waals surface area contributed by atoms with Crippen LogP contribution in [0, 0.1) is 5.92 Å². The summed E-state index contributed by atoms with van der Waals surface area (Å²) >= 11 is 7.51. The number of aromatic nitrogens is 1. The molecule has 0 aliphatic carbocycles. The Morgan fingerprint density at radius 3 is 3.18 bits per heavy atom. The summed E-state index contributed by atoms with van der Waals surface area (Å²) in [4.78, 5) is 7.11. The highest BCUT2D eigenvalue weighted by Gasteiger charge is 2.18. The van der Waals surface area contributed by atoms with Gasteiger partial charge >= 0.3 is 0 Å². The number of thiazole rings is 1. The lowest BCUT2D eigenvalue weighted by Crippen LogP contribution is -2.36. The molecule has 4 heteroatoms. The highest BCUT2D eigenvalue weighted by molar-refractivity contribution is 7.09. The van der Waals surface area contributed by atoms with Crippen LogP contribution in [0.1, 0.15) is 36.9 Å². The number of halogens is 1. The zero-order valence-corrected chi connectivity index (χ0v) is 12.1. The summed E-state index contributed by atoms with van der Waals surface area (Å²) in [6.07, 6.45) is 5.19. The maximum absolute atomic E-state index is 5.76. The number of hydrogen-bond donors (Lipinski definition) is 0. The minimum Gasteiger partial charge on any atom is -0.303 e. The minimum atomic E-state index is 0.540. The summed E-state index contributed by atoms with van der Waals surface area (Å²) in [5, 5.41) is 3.31. The Hall–Kier alpha value is -0.120. The van der Waals surface area contributed by atoms with E-state index in [1.54, 1.807) is 11.3 Å². The minimum absolute atomic E-state index is 0.540. The van der Waals surface area contributed by atoms with Crippen LogP contribution in [-0.2, 0) is 12.3 Å². The maximum atomic E-state index is 5.76. The van der Waals surface area contributed by atoms with Crippen molar-refractivity contribution in [1.29, 1.82) is 0 Å². The van der Waals surface area contributed by atoms with Crippen LogP contribution in [0.3, 0.4) is 0 Å². The lowest BCUT2D eigenvalue weighted by molar-refractivity contribution is 0.173. The Morgan fingerprint density at radius 1 is 1.59 bits per heavy atom. The average molecular weight is 273 g/mol. The Bertz CT molecular complexity index is 340. The maximum Gasteiger partial charge on any atom is 0.0941 e. The van der Waals surface area contributed by atoms with Crippen molar-refractivity contribution in [2.75, 3.05) is 19.6 Å². The molecule has 0 saturated carbocycles. The van der Waals surface area contributed by atoms with E-state index >= 15 is 0 Å². The van der Waals surface area contributed by atoms with Gasteiger partial charge in [0.05, 0.1) is 16.6 Å². The quantitative estimate of drug-likeness (QED) is 0.762. The molecular weight excluding hydrogens is 252 g/mol. The molecule has 17 heavy (non-hydrogen) atoms. The third-order valence-corrected chi connectivity index (χ3v) is 4.79. The molecule has 0 spiro atoms. The first-order valence-electron chi connectivity index (χ1n) is 6.53. The van der Waals surface area contributed by atoms with Gasteiger partial charge in [-0.2, -0.15) is 0 Å². The van der Waals surface area contributed by atoms with Gasteiger partial charge in [0.1, 0.15) is 0 Å². The van der Waals surface area contributed by atoms with Crippen molar-refractivity contribution in [3.63, 3.8) is 0 Å². The Balaban J connectivity index is 1.77. The van der Waals surface area contributed by atoms with Gasteiger partial charge in [0.2, 0.25) is 0 Å². The molecule has 96 valence electrons. The number of rotatable bonds is 5. The lowest BCUT2D eigenvalue weighted by atomic mass is 9.95. The molecule has 1 aromatic rings. The van der Waals surface area contributed by atoms with Crippen LogP contribution in [0.2, 0.25) is 0 Å². The van der Waals surface area contributed by atoms with Gasteiger partial charge in [-0.1, -0.05) is 13.3 Å². The SMILES string of the molecule is CCC1CCCN(CCc2nc(CCl)cs2)C1. The lowest BCUT2D eigenvalue weighted by Gasteiger charge is -2.31. The molecular formula is C13H21ClN2S. The molecule has 0 amide bonds. The van der Waals surface area contributed by atoms with Crippen molar-refractivity contribution >= 4 is 22.9 Å². The van der Waals surface area contributed by atoms with Crippen molar-refractivity contribution < 1.29 is 0 Å². The highest BCUT2D eigenvalue weighted by Crippen LogP contribution is 2.20. The third-order valence-electron chi connectivity index (χ3n) is 3.56. The topological polar surface area (TPSA) is 16.1 Å². The normalized spacial score (nSPS) is 21.9. The summed E-state index contributed by atoms with van der Waals surface area (Å²) in [5.74, 6) is 1.46. The Labute approximate surface area is 113 Å². The molecule has 0 aromatic carbocycles. The number of likely N-dealkylation sites (tertiary alicyclic amines) is 1. The van der Waals surface area contributed by atoms with E-state index in [9.17, 15) is 0 Å². The summed E-state index contributed by atoms with van der Waals surface area (Å²) in [5.41, 5.74) is 1.02. The molecule has 0 N–H and O–H groups in total. The van der Waals surface area contributed by atoms with Crippen LogP contribution >= 0.6 is 22.9 Å². The molecule has 1 unspecified atom stereocenters. The zero-order chi connectivity index (χ0) is 12.1. The standard InChI is InChI=1S/C13H21ClN2S/c1-2-11-4-3-6-16(9-11)7-5-13-15-12(8-14)10-17-13/h10-11H,2-9H2,1H3. The summed E-state index contributed by atoms with van der Waals surface area (Å²) in [7, 11) is 0. The van der Waals surface area contributed by atoms with E-state index in [0.29, 0.717) is 5.88 Å². The Morgan fingerprint density at radius 2 is 2.47 bits per heavy atom. The smallest absolute Gasteiger partial charge is 0.0941 e. The molecule has 1 fully saturated rings. The first kappa shape index (κ1) is 13.3. The molecule has 0 radical (unpaired) electrons. The van der Waals surface area contributed by atoms with Gasteiger partial charge in [-0.25, -0.2) is 4.98 Å². The molecule has 0 bridgehead atoms. The predicted octanol–water partition coefficient (Wildman–Crippen LogP) is 3.55. The molecule has 2 rings (SSSR count). The third kappa shape index (κ3) is 3.94. The monoisotopic (exact) mass is 272 g/mol. The van der Waals surface area contributed by atoms with Crippen molar-refractivity contribution in [2.24, 2.45) is 5.92 Å². The number of hydrogen-bond acceptors (Lipinski definition) is 3. The molecule has 1 saturated heterocycles. The fraction of sp³-hybridized carbons (Fsp3) is 0.769. The summed E-state index contributed by atoms with van der Waals surface area (Å²) < 4.78 is 0. The fourth-order valence-corrected chi connectivity index (χ4v) is 3.48. The van der Waals surface area contributed by atoms with E-state index in [-0.39, 0.29) is 0 Å². The van der Waals surface area contributed by atoms with Crippen LogP contribution in [0.25, 0.3) is 0 Å². The van der Waals surface area contributed by atoms with Crippen molar-refractivity contribution in [3.8, 4) is 0 Å². The average Bonchev–Trinajstić information content (AvgIpc) is 2.84. The van der Waals surface area contributed by atoms with Gasteiger partial charge in [0.25, 0.3) is 0 Å². The van der Waals surface area contributed by atoms with Gasteiger partial charge in [0, 0.05) is 24.9 Å². The van der Waals surface area contributed by atoms with E-state index in [0.717, 1.165) is 24.6 Å². The molecule has 1 atom stereocenters. The number of piperidine rings is 1. The summed E-state index contributed by atoms with van der Waals surface area (Å²) in [6.45, 7) is 6.02. The van der Waals surface area contributed by atoms with Gasteiger partial charge in [-0.3, -0.25) is 0 Å². The van der Waals surface area contributed by atoms with E-state index in [1.165, 1.54) is 37.4 Å². The molecule has 1 aliphatic rings. The van der Waals surface area contributed by atoms with E-state index in [2.05, 4.69) is 22.2 Å². The molecule has 1 aromatic heterocycles. The fourth-order valence-electron chi connectivity index (χ4n) is 2.47. The van der Waals surface area contributed by atoms with Crippen LogP contribution < -0.4 is 0 Å². The van der Waals surface area contributed by atoms with Crippen LogP contribution in [0.4, 0.5) is 0 Å². The first-order chi connectivity index (χ1) is 8.31. The second kappa shape index (κ2) is 6.72. The van der Waals surface area contributed by atoms with Gasteiger partial charge < -0.3 is 4.90 Å². The van der Waals surface area contributed by atoms with Gasteiger partial charge in [-0.15, -0.1) is 22.9 Å². The number of nitrogens with zero attached hydrogens (tertiary/aromatic N) is 2. The van der Waals surface area contributed by atoms with E-state index in [1.807, 2.05) is 0 Å². The van der Waals surface area contributed by atoms with Crippen LogP contribution in [0.5, 0.6) is 0 Å². The van der Waals surface area contributed by atoms with Gasteiger partial charge in [-0.05, 0) is 25.3 Å². The Kier molecular flexibility index (Phi) is 5.26. The molecule has 1 aliphatic heterocycles. The summed E-state index contributed by atoms with van der Waals surface area (Å²) in [6, 6.07) is 0. The second-order valence-electron chi connectivity index (χ2n) is 4.83. The van der Waals surface area contributed by atoms with Crippen LogP contribution in [-0.4, -0.2) is 29.5 Å². The van der Waals surface area contributed by atoms with Crippen molar-refractivity contribution in [2.45, 2.75) is 38.5 Å². The largest absolute Gasteiger partial charge is 0.303 e. The molecule has 2 heterocycles. The zero-order valence-electron chi connectivity index (χ0n) is 10.5. The number of alkyl halides is 1. The van der Waals surface area contributed by atoms with Gasteiger partial charge in [0.15, 0.2) is 0 Å². The first-order valence-corrected chi connectivity index (χ1v) is 7.94. The second-order valence-corrected chi connectivity index (χ2v) is 6.04. The van der Waals surface area contributed by atoms with E-state index < -0.39 is 0 Å². The van der Waals surface area contributed by atoms with Crippen molar-refractivity contribution in [1.82, 2.24) is 9.88 Å². The predicted molar refractivity (Wildman–Crippen MR) is 74.8 cm³/mol. The van der Waals surface area contributed by atoms with Crippen molar-refractivity contribution in [3.05, 3.63) is 16.1 Å². The molecule has 2 nitrogen and oxygen atoms in total. The highest BCUT2D eigenvalue weighted by atomic mass is 35.5. The van der Waals surface area contributed by atoms with E-state index in [4.69, 9.17) is 11.6 Å².